The summed E-state index contributed by atoms with van der Waals surface area (Å²) in [4.78, 5) is 35.4. The highest BCUT2D eigenvalue weighted by Crippen LogP contribution is 2.24. The van der Waals surface area contributed by atoms with Crippen LogP contribution < -0.4 is 10.6 Å². The van der Waals surface area contributed by atoms with E-state index in [1.54, 1.807) is 12.1 Å². The molecule has 6 nitrogen and oxygen atoms in total. The molecule has 0 aliphatic heterocycles. The van der Waals surface area contributed by atoms with E-state index in [4.69, 9.17) is 27.9 Å². The van der Waals surface area contributed by atoms with Crippen molar-refractivity contribution in [1.82, 2.24) is 5.32 Å². The fourth-order valence-corrected chi connectivity index (χ4v) is 3.23. The number of anilines is 1. The van der Waals surface area contributed by atoms with Gasteiger partial charge in [-0.15, -0.1) is 0 Å². The monoisotopic (exact) mass is 414 g/mol. The number of rotatable bonds is 8. The Balaban J connectivity index is 1.58. The van der Waals surface area contributed by atoms with Gasteiger partial charge in [0.2, 0.25) is 5.91 Å². The van der Waals surface area contributed by atoms with E-state index in [1.165, 1.54) is 12.5 Å². The van der Waals surface area contributed by atoms with Gasteiger partial charge in [-0.2, -0.15) is 0 Å². The lowest BCUT2D eigenvalue weighted by molar-refractivity contribution is -0.147. The maximum Gasteiger partial charge on any atom is 0.306 e. The van der Waals surface area contributed by atoms with Crippen molar-refractivity contribution in [3.63, 3.8) is 0 Å². The lowest BCUT2D eigenvalue weighted by Gasteiger charge is -2.22. The molecule has 27 heavy (non-hydrogen) atoms. The van der Waals surface area contributed by atoms with E-state index >= 15 is 0 Å². The molecule has 0 unspecified atom stereocenters. The van der Waals surface area contributed by atoms with Crippen molar-refractivity contribution in [3.8, 4) is 0 Å². The molecule has 8 heteroatoms. The average molecular weight is 415 g/mol. The summed E-state index contributed by atoms with van der Waals surface area (Å²) in [6.07, 6.45) is 6.37. The number of esters is 1. The zero-order chi connectivity index (χ0) is 19.6. The Bertz CT molecular complexity index is 676. The van der Waals surface area contributed by atoms with Crippen molar-refractivity contribution in [2.24, 2.45) is 0 Å². The van der Waals surface area contributed by atoms with Crippen molar-refractivity contribution in [1.29, 1.82) is 0 Å². The quantitative estimate of drug-likeness (QED) is 0.627. The molecule has 0 bridgehead atoms. The van der Waals surface area contributed by atoms with E-state index in [-0.39, 0.29) is 24.8 Å². The third-order valence-electron chi connectivity index (χ3n) is 4.32. The van der Waals surface area contributed by atoms with Crippen LogP contribution in [-0.4, -0.2) is 30.4 Å². The van der Waals surface area contributed by atoms with Gasteiger partial charge in [-0.3, -0.25) is 14.4 Å². The van der Waals surface area contributed by atoms with Crippen LogP contribution >= 0.6 is 23.2 Å². The minimum Gasteiger partial charge on any atom is -0.456 e. The van der Waals surface area contributed by atoms with Crippen LogP contribution in [-0.2, 0) is 19.1 Å². The number of hydrogen-bond acceptors (Lipinski definition) is 4. The Labute approximate surface area is 168 Å². The van der Waals surface area contributed by atoms with Crippen LogP contribution in [0.3, 0.4) is 0 Å². The third-order valence-corrected chi connectivity index (χ3v) is 5.06. The van der Waals surface area contributed by atoms with Crippen LogP contribution in [0.1, 0.15) is 51.4 Å². The molecule has 0 heterocycles. The van der Waals surface area contributed by atoms with E-state index in [0.717, 1.165) is 25.7 Å². The number of ether oxygens (including phenoxy) is 1. The van der Waals surface area contributed by atoms with Gasteiger partial charge in [-0.05, 0) is 37.5 Å². The van der Waals surface area contributed by atoms with E-state index in [0.29, 0.717) is 22.2 Å². The molecule has 0 atom stereocenters. The molecule has 1 aromatic rings. The van der Waals surface area contributed by atoms with Crippen molar-refractivity contribution in [3.05, 3.63) is 28.2 Å². The highest BCUT2D eigenvalue weighted by molar-refractivity contribution is 6.42. The van der Waals surface area contributed by atoms with Crippen LogP contribution in [0.25, 0.3) is 0 Å². The van der Waals surface area contributed by atoms with Gasteiger partial charge in [0.25, 0.3) is 5.91 Å². The molecule has 1 aliphatic rings. The smallest absolute Gasteiger partial charge is 0.306 e. The van der Waals surface area contributed by atoms with E-state index < -0.39 is 18.5 Å². The number of benzene rings is 1. The van der Waals surface area contributed by atoms with Gasteiger partial charge in [0.15, 0.2) is 6.61 Å². The van der Waals surface area contributed by atoms with Gasteiger partial charge < -0.3 is 15.4 Å². The Kier molecular flexibility index (Phi) is 8.88. The molecule has 2 N–H and O–H groups in total. The molecule has 1 aromatic carbocycles. The second kappa shape index (κ2) is 11.1. The Hall–Kier alpha value is -1.79. The lowest BCUT2D eigenvalue weighted by Crippen LogP contribution is -2.36. The fraction of sp³-hybridized carbons (Fsp3) is 0.526. The molecule has 1 aliphatic carbocycles. The summed E-state index contributed by atoms with van der Waals surface area (Å²) in [6, 6.07) is 4.93. The van der Waals surface area contributed by atoms with Crippen LogP contribution in [0.15, 0.2) is 18.2 Å². The van der Waals surface area contributed by atoms with E-state index in [2.05, 4.69) is 10.6 Å². The molecule has 148 valence electrons. The fourth-order valence-electron chi connectivity index (χ4n) is 2.93. The van der Waals surface area contributed by atoms with Gasteiger partial charge in [0.1, 0.15) is 0 Å². The molecule has 0 spiro atoms. The highest BCUT2D eigenvalue weighted by atomic mass is 35.5. The standard InChI is InChI=1S/C19H24Cl2N2O4/c20-15-10-9-14(11-16(15)21)23-18(25)12-27-19(26)8-4-7-17(24)22-13-5-2-1-3-6-13/h9-11,13H,1-8,12H2,(H,22,24)(H,23,25). The van der Waals surface area contributed by atoms with Crippen molar-refractivity contribution in [2.45, 2.75) is 57.4 Å². The largest absolute Gasteiger partial charge is 0.456 e. The summed E-state index contributed by atoms with van der Waals surface area (Å²) in [6.45, 7) is -0.395. The second-order valence-electron chi connectivity index (χ2n) is 6.59. The molecule has 1 saturated carbocycles. The van der Waals surface area contributed by atoms with Crippen molar-refractivity contribution in [2.75, 3.05) is 11.9 Å². The average Bonchev–Trinajstić information content (AvgIpc) is 2.64. The molecule has 0 saturated heterocycles. The Morgan fingerprint density at radius 3 is 2.44 bits per heavy atom. The Morgan fingerprint density at radius 2 is 1.74 bits per heavy atom. The maximum absolute atomic E-state index is 11.9. The number of carbonyl (C=O) groups is 3. The molecule has 1 fully saturated rings. The summed E-state index contributed by atoms with van der Waals surface area (Å²) in [5.74, 6) is -1.02. The number of hydrogen-bond donors (Lipinski definition) is 2. The maximum atomic E-state index is 11.9. The summed E-state index contributed by atoms with van der Waals surface area (Å²) >= 11 is 11.7. The minimum absolute atomic E-state index is 0.0351. The van der Waals surface area contributed by atoms with E-state index in [1.807, 2.05) is 0 Å². The number of carbonyl (C=O) groups excluding carboxylic acids is 3. The van der Waals surface area contributed by atoms with Crippen LogP contribution in [0.4, 0.5) is 5.69 Å². The normalized spacial score (nSPS) is 14.4. The lowest BCUT2D eigenvalue weighted by atomic mass is 9.95. The zero-order valence-corrected chi connectivity index (χ0v) is 16.6. The van der Waals surface area contributed by atoms with Gasteiger partial charge >= 0.3 is 5.97 Å². The molecule has 0 radical (unpaired) electrons. The molecule has 2 rings (SSSR count). The highest BCUT2D eigenvalue weighted by Gasteiger charge is 2.16. The topological polar surface area (TPSA) is 84.5 Å². The molecule has 0 aromatic heterocycles. The Morgan fingerprint density at radius 1 is 1.00 bits per heavy atom. The van der Waals surface area contributed by atoms with Crippen LogP contribution in [0.2, 0.25) is 10.0 Å². The third kappa shape index (κ3) is 8.18. The zero-order valence-electron chi connectivity index (χ0n) is 15.1. The summed E-state index contributed by atoms with van der Waals surface area (Å²) in [5.41, 5.74) is 0.463. The first kappa shape index (κ1) is 21.5. The number of amides is 2. The van der Waals surface area contributed by atoms with Gasteiger partial charge in [0.05, 0.1) is 10.0 Å². The van der Waals surface area contributed by atoms with Crippen LogP contribution in [0.5, 0.6) is 0 Å². The van der Waals surface area contributed by atoms with Crippen molar-refractivity contribution >= 4 is 46.7 Å². The summed E-state index contributed by atoms with van der Waals surface area (Å²) in [7, 11) is 0. The van der Waals surface area contributed by atoms with Crippen LogP contribution in [0, 0.1) is 0 Å². The molecule has 2 amide bonds. The minimum atomic E-state index is -0.509. The van der Waals surface area contributed by atoms with Gasteiger partial charge in [-0.25, -0.2) is 0 Å². The van der Waals surface area contributed by atoms with Gasteiger partial charge in [0, 0.05) is 24.6 Å². The number of halogens is 2. The van der Waals surface area contributed by atoms with Crippen molar-refractivity contribution < 1.29 is 19.1 Å². The predicted molar refractivity (Wildman–Crippen MR) is 105 cm³/mol. The molecular weight excluding hydrogens is 391 g/mol. The first-order chi connectivity index (χ1) is 12.9. The SMILES string of the molecule is O=C(COC(=O)CCCC(=O)NC1CCCCC1)Nc1ccc(Cl)c(Cl)c1. The first-order valence-electron chi connectivity index (χ1n) is 9.14. The van der Waals surface area contributed by atoms with Gasteiger partial charge in [-0.1, -0.05) is 42.5 Å². The first-order valence-corrected chi connectivity index (χ1v) is 9.89. The predicted octanol–water partition coefficient (Wildman–Crippen LogP) is 4.09. The second-order valence-corrected chi connectivity index (χ2v) is 7.41. The summed E-state index contributed by atoms with van der Waals surface area (Å²) < 4.78 is 4.92. The van der Waals surface area contributed by atoms with E-state index in [9.17, 15) is 14.4 Å². The summed E-state index contributed by atoms with van der Waals surface area (Å²) in [5, 5.41) is 6.27. The molecular formula is C19H24Cl2N2O4. The number of nitrogens with one attached hydrogen (secondary N) is 2.